The molecule has 1 saturated heterocycles. The van der Waals surface area contributed by atoms with Crippen molar-refractivity contribution in [1.82, 2.24) is 9.80 Å². The average Bonchev–Trinajstić information content (AvgIpc) is 2.78. The van der Waals surface area contributed by atoms with E-state index in [0.29, 0.717) is 22.0 Å². The first kappa shape index (κ1) is 23.1. The van der Waals surface area contributed by atoms with Gasteiger partial charge >= 0.3 is 0 Å². The third-order valence-electron chi connectivity index (χ3n) is 5.81. The zero-order chi connectivity index (χ0) is 22.4. The second kappa shape index (κ2) is 10.6. The van der Waals surface area contributed by atoms with Crippen molar-refractivity contribution in [2.24, 2.45) is 0 Å². The summed E-state index contributed by atoms with van der Waals surface area (Å²) in [7, 11) is 3.34. The Morgan fingerprint density at radius 3 is 2.48 bits per heavy atom. The summed E-state index contributed by atoms with van der Waals surface area (Å²) in [6.07, 6.45) is 2.89. The number of anilines is 1. The highest BCUT2D eigenvalue weighted by Gasteiger charge is 2.28. The Morgan fingerprint density at radius 1 is 1.19 bits per heavy atom. The van der Waals surface area contributed by atoms with Crippen LogP contribution in [0.1, 0.15) is 35.7 Å². The van der Waals surface area contributed by atoms with Crippen molar-refractivity contribution in [3.63, 3.8) is 0 Å². The number of benzene rings is 2. The molecule has 7 heteroatoms. The SMILES string of the molecule is COc1cc(NC(C)=O)c(Cl)cc1C(=O)N(C)C1CCN(CCc2ccccc2)CC1. The standard InChI is InChI=1S/C24H30ClN3O3/c1-17(29)26-22-16-23(31-3)20(15-21(22)25)24(30)27(2)19-10-13-28(14-11-19)12-9-18-7-5-4-6-8-18/h4-8,15-16,19H,9-14H2,1-3H3,(H,26,29). The number of nitrogens with zero attached hydrogens (tertiary/aromatic N) is 2. The molecule has 0 unspecified atom stereocenters. The number of nitrogens with one attached hydrogen (secondary N) is 1. The Bertz CT molecular complexity index is 912. The van der Waals surface area contributed by atoms with Gasteiger partial charge in [0.15, 0.2) is 0 Å². The van der Waals surface area contributed by atoms with Crippen molar-refractivity contribution in [3.05, 3.63) is 58.6 Å². The Hall–Kier alpha value is -2.57. The van der Waals surface area contributed by atoms with Crippen LogP contribution < -0.4 is 10.1 Å². The smallest absolute Gasteiger partial charge is 0.257 e. The minimum atomic E-state index is -0.237. The summed E-state index contributed by atoms with van der Waals surface area (Å²) in [6.45, 7) is 4.37. The highest BCUT2D eigenvalue weighted by atomic mass is 35.5. The van der Waals surface area contributed by atoms with E-state index in [0.717, 1.165) is 38.9 Å². The van der Waals surface area contributed by atoms with Crippen LogP contribution in [0, 0.1) is 0 Å². The van der Waals surface area contributed by atoms with Crippen molar-refractivity contribution < 1.29 is 14.3 Å². The molecule has 1 heterocycles. The molecule has 166 valence electrons. The Morgan fingerprint density at radius 2 is 1.87 bits per heavy atom. The molecule has 1 fully saturated rings. The fraction of sp³-hybridized carbons (Fsp3) is 0.417. The number of piperidine rings is 1. The van der Waals surface area contributed by atoms with Gasteiger partial charge < -0.3 is 19.9 Å². The number of halogens is 1. The fourth-order valence-corrected chi connectivity index (χ4v) is 4.20. The lowest BCUT2D eigenvalue weighted by Gasteiger charge is -2.37. The van der Waals surface area contributed by atoms with Crippen LogP contribution in [0.5, 0.6) is 5.75 Å². The largest absolute Gasteiger partial charge is 0.496 e. The molecule has 1 aliphatic heterocycles. The number of ether oxygens (including phenoxy) is 1. The van der Waals surface area contributed by atoms with E-state index in [1.807, 2.05) is 13.1 Å². The number of carbonyl (C=O) groups is 2. The van der Waals surface area contributed by atoms with Gasteiger partial charge in [0.25, 0.3) is 5.91 Å². The highest BCUT2D eigenvalue weighted by molar-refractivity contribution is 6.34. The summed E-state index contributed by atoms with van der Waals surface area (Å²) in [4.78, 5) is 28.8. The van der Waals surface area contributed by atoms with E-state index in [9.17, 15) is 9.59 Å². The average molecular weight is 444 g/mol. The number of hydrogen-bond donors (Lipinski definition) is 1. The maximum atomic E-state index is 13.2. The van der Waals surface area contributed by atoms with Crippen molar-refractivity contribution in [1.29, 1.82) is 0 Å². The van der Waals surface area contributed by atoms with E-state index >= 15 is 0 Å². The number of likely N-dealkylation sites (tertiary alicyclic amines) is 1. The molecule has 2 aromatic rings. The Kier molecular flexibility index (Phi) is 7.93. The predicted molar refractivity (Wildman–Crippen MR) is 124 cm³/mol. The zero-order valence-corrected chi connectivity index (χ0v) is 19.1. The molecule has 0 spiro atoms. The van der Waals surface area contributed by atoms with Gasteiger partial charge in [0.2, 0.25) is 5.91 Å². The number of methoxy groups -OCH3 is 1. The third-order valence-corrected chi connectivity index (χ3v) is 6.13. The van der Waals surface area contributed by atoms with E-state index in [1.54, 1.807) is 17.0 Å². The maximum Gasteiger partial charge on any atom is 0.257 e. The van der Waals surface area contributed by atoms with Gasteiger partial charge in [-0.1, -0.05) is 41.9 Å². The topological polar surface area (TPSA) is 61.9 Å². The summed E-state index contributed by atoms with van der Waals surface area (Å²) < 4.78 is 5.41. The van der Waals surface area contributed by atoms with Crippen LogP contribution in [0.2, 0.25) is 5.02 Å². The molecule has 1 aliphatic rings. The van der Waals surface area contributed by atoms with Gasteiger partial charge in [0, 0.05) is 45.7 Å². The summed E-state index contributed by atoms with van der Waals surface area (Å²) in [5, 5.41) is 2.96. The first-order chi connectivity index (χ1) is 14.9. The third kappa shape index (κ3) is 5.99. The van der Waals surface area contributed by atoms with Gasteiger partial charge in [-0.2, -0.15) is 0 Å². The lowest BCUT2D eigenvalue weighted by atomic mass is 10.0. The summed E-state index contributed by atoms with van der Waals surface area (Å²) in [5.74, 6) is 0.0281. The van der Waals surface area contributed by atoms with Crippen molar-refractivity contribution in [2.45, 2.75) is 32.2 Å². The molecule has 0 atom stereocenters. The molecule has 0 radical (unpaired) electrons. The molecule has 3 rings (SSSR count). The van der Waals surface area contributed by atoms with Crippen LogP contribution in [0.4, 0.5) is 5.69 Å². The number of hydrogen-bond acceptors (Lipinski definition) is 4. The van der Waals surface area contributed by atoms with Crippen LogP contribution in [-0.4, -0.2) is 61.4 Å². The van der Waals surface area contributed by atoms with Crippen LogP contribution >= 0.6 is 11.6 Å². The van der Waals surface area contributed by atoms with Gasteiger partial charge in [0.05, 0.1) is 23.4 Å². The van der Waals surface area contributed by atoms with Gasteiger partial charge in [-0.05, 0) is 30.9 Å². The minimum Gasteiger partial charge on any atom is -0.496 e. The van der Waals surface area contributed by atoms with E-state index in [1.165, 1.54) is 19.6 Å². The summed E-state index contributed by atoms with van der Waals surface area (Å²) in [5.41, 5.74) is 2.18. The monoisotopic (exact) mass is 443 g/mol. The quantitative estimate of drug-likeness (QED) is 0.700. The first-order valence-electron chi connectivity index (χ1n) is 10.6. The molecule has 6 nitrogen and oxygen atoms in total. The molecule has 0 saturated carbocycles. The van der Waals surface area contributed by atoms with E-state index < -0.39 is 0 Å². The second-order valence-corrected chi connectivity index (χ2v) is 8.35. The molecular weight excluding hydrogens is 414 g/mol. The Balaban J connectivity index is 1.60. The van der Waals surface area contributed by atoms with Crippen LogP contribution in [-0.2, 0) is 11.2 Å². The van der Waals surface area contributed by atoms with Crippen LogP contribution in [0.3, 0.4) is 0 Å². The lowest BCUT2D eigenvalue weighted by molar-refractivity contribution is -0.114. The molecule has 31 heavy (non-hydrogen) atoms. The number of amides is 2. The molecular formula is C24H30ClN3O3. The molecule has 2 amide bonds. The lowest BCUT2D eigenvalue weighted by Crippen LogP contribution is -2.46. The van der Waals surface area contributed by atoms with E-state index in [-0.39, 0.29) is 17.9 Å². The van der Waals surface area contributed by atoms with Gasteiger partial charge in [-0.3, -0.25) is 9.59 Å². The maximum absolute atomic E-state index is 13.2. The zero-order valence-electron chi connectivity index (χ0n) is 18.4. The molecule has 0 bridgehead atoms. The highest BCUT2D eigenvalue weighted by Crippen LogP contribution is 2.32. The molecule has 0 aliphatic carbocycles. The van der Waals surface area contributed by atoms with Gasteiger partial charge in [-0.25, -0.2) is 0 Å². The minimum absolute atomic E-state index is 0.129. The van der Waals surface area contributed by atoms with Crippen molar-refractivity contribution in [3.8, 4) is 5.75 Å². The number of carbonyl (C=O) groups excluding carboxylic acids is 2. The van der Waals surface area contributed by atoms with Crippen LogP contribution in [0.15, 0.2) is 42.5 Å². The fourth-order valence-electron chi connectivity index (χ4n) is 3.99. The normalized spacial score (nSPS) is 14.8. The van der Waals surface area contributed by atoms with Crippen LogP contribution in [0.25, 0.3) is 0 Å². The van der Waals surface area contributed by atoms with Gasteiger partial charge in [0.1, 0.15) is 5.75 Å². The molecule has 2 aromatic carbocycles. The van der Waals surface area contributed by atoms with Crippen molar-refractivity contribution in [2.75, 3.05) is 39.1 Å². The summed E-state index contributed by atoms with van der Waals surface area (Å²) in [6, 6.07) is 13.8. The van der Waals surface area contributed by atoms with E-state index in [4.69, 9.17) is 16.3 Å². The second-order valence-electron chi connectivity index (χ2n) is 7.94. The summed E-state index contributed by atoms with van der Waals surface area (Å²) >= 11 is 6.29. The number of rotatable bonds is 7. The van der Waals surface area contributed by atoms with E-state index in [2.05, 4.69) is 34.5 Å². The van der Waals surface area contributed by atoms with Crippen molar-refractivity contribution >= 4 is 29.1 Å². The molecule has 0 aromatic heterocycles. The Labute approximate surface area is 189 Å². The predicted octanol–water partition coefficient (Wildman–Crippen LogP) is 4.09. The van der Waals surface area contributed by atoms with Gasteiger partial charge in [-0.15, -0.1) is 0 Å². The molecule has 1 N–H and O–H groups in total. The first-order valence-corrected chi connectivity index (χ1v) is 11.0.